The molecule has 1 atom stereocenters. The molecular formula is C19H19ClN2O2S2. The van der Waals surface area contributed by atoms with E-state index in [1.54, 1.807) is 16.2 Å². The number of fused-ring (bicyclic) bond motifs is 1. The highest BCUT2D eigenvalue weighted by Gasteiger charge is 2.26. The maximum absolute atomic E-state index is 13.1. The number of ether oxygens (including phenoxy) is 1. The van der Waals surface area contributed by atoms with E-state index in [-0.39, 0.29) is 12.0 Å². The normalized spacial score (nSPS) is 17.1. The maximum Gasteiger partial charge on any atom is 0.234 e. The average molecular weight is 407 g/mol. The molecule has 1 aliphatic heterocycles. The van der Waals surface area contributed by atoms with Gasteiger partial charge in [0.25, 0.3) is 0 Å². The molecule has 2 aromatic heterocycles. The molecule has 4 nitrogen and oxygen atoms in total. The topological polar surface area (TPSA) is 42.4 Å². The molecule has 1 aromatic carbocycles. The molecule has 1 fully saturated rings. The van der Waals surface area contributed by atoms with Crippen LogP contribution >= 0.6 is 34.3 Å². The highest BCUT2D eigenvalue weighted by Crippen LogP contribution is 2.32. The summed E-state index contributed by atoms with van der Waals surface area (Å²) in [5.74, 6) is 0.0377. The van der Waals surface area contributed by atoms with Gasteiger partial charge in [0.2, 0.25) is 5.91 Å². The lowest BCUT2D eigenvalue weighted by atomic mass is 10.2. The lowest BCUT2D eigenvalue weighted by molar-refractivity contribution is -0.118. The van der Waals surface area contributed by atoms with E-state index in [0.717, 1.165) is 45.2 Å². The number of aromatic nitrogens is 1. The van der Waals surface area contributed by atoms with Crippen LogP contribution in [0.1, 0.15) is 23.3 Å². The van der Waals surface area contributed by atoms with Crippen LogP contribution < -0.4 is 4.90 Å². The number of carbonyl (C=O) groups excluding carboxylic acids is 1. The van der Waals surface area contributed by atoms with Gasteiger partial charge in [-0.3, -0.25) is 9.69 Å². The zero-order chi connectivity index (χ0) is 18.1. The van der Waals surface area contributed by atoms with Crippen LogP contribution in [0.15, 0.2) is 30.3 Å². The summed E-state index contributed by atoms with van der Waals surface area (Å²) >= 11 is 9.02. The molecule has 3 aromatic rings. The van der Waals surface area contributed by atoms with Crippen LogP contribution in [0.2, 0.25) is 4.34 Å². The molecule has 0 unspecified atom stereocenters. The van der Waals surface area contributed by atoms with E-state index in [4.69, 9.17) is 21.3 Å². The minimum absolute atomic E-state index is 0.0377. The molecule has 0 aliphatic carbocycles. The zero-order valence-electron chi connectivity index (χ0n) is 14.4. The number of aryl methyl sites for hydroxylation is 1. The monoisotopic (exact) mass is 406 g/mol. The second-order valence-corrected chi connectivity index (χ2v) is 9.25. The SMILES string of the molecule is Cc1cccc2sc(N(C[C@@H]3CCCO3)C(=O)Cc3ccc(Cl)s3)nc12. The van der Waals surface area contributed by atoms with Crippen LogP contribution in [-0.4, -0.2) is 30.1 Å². The van der Waals surface area contributed by atoms with Gasteiger partial charge in [-0.2, -0.15) is 0 Å². The standard InChI is InChI=1S/C19H19ClN2O2S2/c1-12-4-2-6-15-18(12)21-19(26-15)22(11-13-5-3-9-24-13)17(23)10-14-7-8-16(20)25-14/h2,4,6-8,13H,3,5,9-11H2,1H3/t13-/m0/s1. The van der Waals surface area contributed by atoms with Gasteiger partial charge in [-0.15, -0.1) is 11.3 Å². The van der Waals surface area contributed by atoms with Crippen molar-refractivity contribution in [3.8, 4) is 0 Å². The van der Waals surface area contributed by atoms with E-state index < -0.39 is 0 Å². The summed E-state index contributed by atoms with van der Waals surface area (Å²) in [6, 6.07) is 9.88. The van der Waals surface area contributed by atoms with Gasteiger partial charge in [-0.05, 0) is 43.5 Å². The number of carbonyl (C=O) groups is 1. The first-order valence-electron chi connectivity index (χ1n) is 8.62. The Balaban J connectivity index is 1.64. The number of para-hydroxylation sites is 1. The number of benzene rings is 1. The lowest BCUT2D eigenvalue weighted by Gasteiger charge is -2.22. The number of nitrogens with zero attached hydrogens (tertiary/aromatic N) is 2. The molecule has 26 heavy (non-hydrogen) atoms. The fraction of sp³-hybridized carbons (Fsp3) is 0.368. The van der Waals surface area contributed by atoms with E-state index in [1.807, 2.05) is 31.2 Å². The third-order valence-corrected chi connectivity index (χ3v) is 6.78. The van der Waals surface area contributed by atoms with Gasteiger partial charge in [0.15, 0.2) is 5.13 Å². The third-order valence-electron chi connectivity index (χ3n) is 4.51. The van der Waals surface area contributed by atoms with Gasteiger partial charge >= 0.3 is 0 Å². The molecule has 7 heteroatoms. The Labute approximate surface area is 165 Å². The minimum Gasteiger partial charge on any atom is -0.376 e. The molecular weight excluding hydrogens is 388 g/mol. The van der Waals surface area contributed by atoms with Crippen molar-refractivity contribution in [3.05, 3.63) is 45.1 Å². The number of amides is 1. The van der Waals surface area contributed by atoms with E-state index >= 15 is 0 Å². The molecule has 0 spiro atoms. The van der Waals surface area contributed by atoms with Crippen molar-refractivity contribution in [1.82, 2.24) is 4.98 Å². The van der Waals surface area contributed by atoms with Crippen LogP contribution in [-0.2, 0) is 16.0 Å². The van der Waals surface area contributed by atoms with E-state index in [9.17, 15) is 4.79 Å². The second kappa shape index (κ2) is 7.64. The summed E-state index contributed by atoms with van der Waals surface area (Å²) in [5.41, 5.74) is 2.09. The van der Waals surface area contributed by atoms with Crippen molar-refractivity contribution in [3.63, 3.8) is 0 Å². The first-order valence-corrected chi connectivity index (χ1v) is 10.6. The predicted octanol–water partition coefficient (Wildman–Crippen LogP) is 5.07. The quantitative estimate of drug-likeness (QED) is 0.593. The van der Waals surface area contributed by atoms with Crippen LogP contribution in [0.3, 0.4) is 0 Å². The Hall–Kier alpha value is -1.47. The molecule has 3 heterocycles. The molecule has 136 valence electrons. The molecule has 4 rings (SSSR count). The number of hydrogen-bond donors (Lipinski definition) is 0. The molecule has 1 amide bonds. The van der Waals surface area contributed by atoms with Crippen molar-refractivity contribution in [2.75, 3.05) is 18.1 Å². The molecule has 0 bridgehead atoms. The van der Waals surface area contributed by atoms with Gasteiger partial charge in [-0.1, -0.05) is 35.1 Å². The summed E-state index contributed by atoms with van der Waals surface area (Å²) in [6.07, 6.45) is 2.45. The Bertz CT molecular complexity index is 931. The molecule has 1 saturated heterocycles. The first-order chi connectivity index (χ1) is 12.6. The smallest absolute Gasteiger partial charge is 0.234 e. The number of thiazole rings is 1. The van der Waals surface area contributed by atoms with Crippen LogP contribution in [0.25, 0.3) is 10.2 Å². The summed E-state index contributed by atoms with van der Waals surface area (Å²) in [6.45, 7) is 3.37. The van der Waals surface area contributed by atoms with Crippen LogP contribution in [0.5, 0.6) is 0 Å². The predicted molar refractivity (Wildman–Crippen MR) is 109 cm³/mol. The summed E-state index contributed by atoms with van der Waals surface area (Å²) in [4.78, 5) is 20.6. The van der Waals surface area contributed by atoms with Crippen molar-refractivity contribution in [1.29, 1.82) is 0 Å². The van der Waals surface area contributed by atoms with E-state index in [0.29, 0.717) is 17.3 Å². The van der Waals surface area contributed by atoms with Gasteiger partial charge in [0.05, 0.1) is 33.6 Å². The molecule has 1 aliphatic rings. The number of hydrogen-bond acceptors (Lipinski definition) is 5. The highest BCUT2D eigenvalue weighted by atomic mass is 35.5. The van der Waals surface area contributed by atoms with Gasteiger partial charge in [-0.25, -0.2) is 4.98 Å². The van der Waals surface area contributed by atoms with Gasteiger partial charge in [0.1, 0.15) is 0 Å². The average Bonchev–Trinajstić information content (AvgIpc) is 3.34. The maximum atomic E-state index is 13.1. The fourth-order valence-electron chi connectivity index (χ4n) is 3.16. The Morgan fingerprint density at radius 3 is 2.92 bits per heavy atom. The second-order valence-electron chi connectivity index (χ2n) is 6.44. The Morgan fingerprint density at radius 2 is 2.23 bits per heavy atom. The summed E-state index contributed by atoms with van der Waals surface area (Å²) in [7, 11) is 0. The minimum atomic E-state index is 0.0377. The van der Waals surface area contributed by atoms with Crippen LogP contribution in [0, 0.1) is 6.92 Å². The highest BCUT2D eigenvalue weighted by molar-refractivity contribution is 7.22. The fourth-order valence-corrected chi connectivity index (χ4v) is 5.31. The third kappa shape index (κ3) is 3.78. The number of halogens is 1. The largest absolute Gasteiger partial charge is 0.376 e. The van der Waals surface area contributed by atoms with Crippen molar-refractivity contribution < 1.29 is 9.53 Å². The van der Waals surface area contributed by atoms with Crippen molar-refractivity contribution in [2.24, 2.45) is 0 Å². The van der Waals surface area contributed by atoms with Gasteiger partial charge in [0, 0.05) is 11.5 Å². The van der Waals surface area contributed by atoms with Crippen molar-refractivity contribution >= 4 is 55.5 Å². The Kier molecular flexibility index (Phi) is 5.27. The van der Waals surface area contributed by atoms with Crippen molar-refractivity contribution in [2.45, 2.75) is 32.3 Å². The summed E-state index contributed by atoms with van der Waals surface area (Å²) in [5, 5.41) is 0.748. The van der Waals surface area contributed by atoms with E-state index in [2.05, 4.69) is 6.07 Å². The number of thiophene rings is 1. The lowest BCUT2D eigenvalue weighted by Crippen LogP contribution is -2.38. The molecule has 0 radical (unpaired) electrons. The molecule has 0 saturated carbocycles. The number of anilines is 1. The van der Waals surface area contributed by atoms with E-state index in [1.165, 1.54) is 11.3 Å². The number of rotatable bonds is 5. The van der Waals surface area contributed by atoms with Crippen LogP contribution in [0.4, 0.5) is 5.13 Å². The summed E-state index contributed by atoms with van der Waals surface area (Å²) < 4.78 is 7.58. The molecule has 0 N–H and O–H groups in total. The van der Waals surface area contributed by atoms with Gasteiger partial charge < -0.3 is 4.74 Å². The first kappa shape index (κ1) is 17.9. The Morgan fingerprint density at radius 1 is 1.35 bits per heavy atom. The zero-order valence-corrected chi connectivity index (χ0v) is 16.8.